The quantitative estimate of drug-likeness (QED) is 0.692. The van der Waals surface area contributed by atoms with E-state index in [9.17, 15) is 4.79 Å². The minimum atomic E-state index is -0.0502. The molecule has 3 aromatic rings. The predicted octanol–water partition coefficient (Wildman–Crippen LogP) is 3.39. The van der Waals surface area contributed by atoms with Gasteiger partial charge in [-0.25, -0.2) is 4.68 Å². The average molecular weight is 385 g/mol. The van der Waals surface area contributed by atoms with E-state index in [4.69, 9.17) is 16.0 Å². The standard InChI is InChI=1S/C20H21ClN4O2/c1-15-17(19(21)25(22-15)16-6-3-2-4-7-16)14-23-9-11-24(12-10-23)20(26)18-8-5-13-27-18/h2-8,13H,9-12,14H2,1H3. The second-order valence-corrected chi connectivity index (χ2v) is 7.01. The van der Waals surface area contributed by atoms with Crippen molar-refractivity contribution in [1.29, 1.82) is 0 Å². The van der Waals surface area contributed by atoms with Crippen LogP contribution in [0.25, 0.3) is 5.69 Å². The number of aryl methyl sites for hydroxylation is 1. The molecule has 0 N–H and O–H groups in total. The predicted molar refractivity (Wildman–Crippen MR) is 103 cm³/mol. The van der Waals surface area contributed by atoms with Gasteiger partial charge in [-0.1, -0.05) is 29.8 Å². The van der Waals surface area contributed by atoms with E-state index in [1.165, 1.54) is 6.26 Å². The maximum absolute atomic E-state index is 12.4. The molecule has 1 fully saturated rings. The molecule has 140 valence electrons. The summed E-state index contributed by atoms with van der Waals surface area (Å²) in [7, 11) is 0. The molecular weight excluding hydrogens is 364 g/mol. The summed E-state index contributed by atoms with van der Waals surface area (Å²) in [4.78, 5) is 16.5. The SMILES string of the molecule is Cc1nn(-c2ccccc2)c(Cl)c1CN1CCN(C(=O)c2ccco2)CC1. The summed E-state index contributed by atoms with van der Waals surface area (Å²) in [5.74, 6) is 0.345. The molecule has 0 saturated carbocycles. The van der Waals surface area contributed by atoms with Crippen molar-refractivity contribution in [3.63, 3.8) is 0 Å². The Balaban J connectivity index is 1.42. The Hall–Kier alpha value is -2.57. The van der Waals surface area contributed by atoms with Crippen LogP contribution in [0.15, 0.2) is 53.1 Å². The summed E-state index contributed by atoms with van der Waals surface area (Å²) in [6, 6.07) is 13.3. The zero-order valence-electron chi connectivity index (χ0n) is 15.1. The number of para-hydroxylation sites is 1. The van der Waals surface area contributed by atoms with Gasteiger partial charge in [-0.15, -0.1) is 0 Å². The molecule has 1 saturated heterocycles. The summed E-state index contributed by atoms with van der Waals surface area (Å²) in [6.07, 6.45) is 1.53. The summed E-state index contributed by atoms with van der Waals surface area (Å²) in [6.45, 7) is 5.63. The number of hydrogen-bond donors (Lipinski definition) is 0. The van der Waals surface area contributed by atoms with Crippen molar-refractivity contribution in [2.45, 2.75) is 13.5 Å². The van der Waals surface area contributed by atoms with Gasteiger partial charge in [-0.2, -0.15) is 5.10 Å². The average Bonchev–Trinajstić information content (AvgIpc) is 3.33. The minimum absolute atomic E-state index is 0.0502. The highest BCUT2D eigenvalue weighted by atomic mass is 35.5. The van der Waals surface area contributed by atoms with Crippen molar-refractivity contribution >= 4 is 17.5 Å². The number of carbonyl (C=O) groups excluding carboxylic acids is 1. The van der Waals surface area contributed by atoms with Gasteiger partial charge >= 0.3 is 0 Å². The third-order valence-corrected chi connectivity index (χ3v) is 5.28. The van der Waals surface area contributed by atoms with Crippen LogP contribution in [0.3, 0.4) is 0 Å². The lowest BCUT2D eigenvalue weighted by atomic mass is 10.2. The van der Waals surface area contributed by atoms with Gasteiger partial charge in [0.15, 0.2) is 5.76 Å². The zero-order valence-corrected chi connectivity index (χ0v) is 15.9. The number of nitrogens with zero attached hydrogens (tertiary/aromatic N) is 4. The molecule has 0 radical (unpaired) electrons. The lowest BCUT2D eigenvalue weighted by Crippen LogP contribution is -2.48. The Morgan fingerprint density at radius 3 is 2.52 bits per heavy atom. The van der Waals surface area contributed by atoms with E-state index in [2.05, 4.69) is 10.00 Å². The number of furan rings is 1. The van der Waals surface area contributed by atoms with Gasteiger partial charge in [0.2, 0.25) is 0 Å². The number of halogens is 1. The van der Waals surface area contributed by atoms with E-state index in [1.807, 2.05) is 42.2 Å². The molecule has 0 bridgehead atoms. The number of piperazine rings is 1. The molecule has 1 aromatic carbocycles. The molecule has 0 spiro atoms. The molecule has 0 aliphatic carbocycles. The smallest absolute Gasteiger partial charge is 0.289 e. The summed E-state index contributed by atoms with van der Waals surface area (Å²) in [5.41, 5.74) is 2.91. The van der Waals surface area contributed by atoms with Crippen molar-refractivity contribution in [3.8, 4) is 5.69 Å². The molecule has 6 nitrogen and oxygen atoms in total. The van der Waals surface area contributed by atoms with Crippen LogP contribution < -0.4 is 0 Å². The minimum Gasteiger partial charge on any atom is -0.459 e. The highest BCUT2D eigenvalue weighted by molar-refractivity contribution is 6.30. The number of hydrogen-bond acceptors (Lipinski definition) is 4. The highest BCUT2D eigenvalue weighted by Crippen LogP contribution is 2.25. The number of rotatable bonds is 4. The van der Waals surface area contributed by atoms with Gasteiger partial charge in [-0.3, -0.25) is 9.69 Å². The fourth-order valence-corrected chi connectivity index (χ4v) is 3.67. The molecule has 0 unspecified atom stereocenters. The highest BCUT2D eigenvalue weighted by Gasteiger charge is 2.25. The monoisotopic (exact) mass is 384 g/mol. The lowest BCUT2D eigenvalue weighted by Gasteiger charge is -2.34. The van der Waals surface area contributed by atoms with Crippen molar-refractivity contribution < 1.29 is 9.21 Å². The van der Waals surface area contributed by atoms with Crippen molar-refractivity contribution in [2.75, 3.05) is 26.2 Å². The molecule has 0 atom stereocenters. The lowest BCUT2D eigenvalue weighted by molar-refractivity contribution is 0.0597. The van der Waals surface area contributed by atoms with E-state index in [-0.39, 0.29) is 5.91 Å². The third kappa shape index (κ3) is 3.63. The maximum Gasteiger partial charge on any atom is 0.289 e. The largest absolute Gasteiger partial charge is 0.459 e. The molecule has 1 aliphatic rings. The normalized spacial score (nSPS) is 15.3. The van der Waals surface area contributed by atoms with Crippen LogP contribution in [-0.4, -0.2) is 51.7 Å². The van der Waals surface area contributed by atoms with Crippen molar-refractivity contribution in [3.05, 3.63) is 70.9 Å². The Labute approximate surface area is 162 Å². The van der Waals surface area contributed by atoms with Gasteiger partial charge in [-0.05, 0) is 31.2 Å². The van der Waals surface area contributed by atoms with E-state index >= 15 is 0 Å². The van der Waals surface area contributed by atoms with Crippen LogP contribution in [0.4, 0.5) is 0 Å². The van der Waals surface area contributed by atoms with Gasteiger partial charge in [0.05, 0.1) is 17.6 Å². The van der Waals surface area contributed by atoms with Crippen LogP contribution in [0.5, 0.6) is 0 Å². The van der Waals surface area contributed by atoms with Gasteiger partial charge in [0.25, 0.3) is 5.91 Å². The van der Waals surface area contributed by atoms with E-state index in [0.29, 0.717) is 24.0 Å². The molecule has 3 heterocycles. The third-order valence-electron chi connectivity index (χ3n) is 4.90. The van der Waals surface area contributed by atoms with Crippen molar-refractivity contribution in [1.82, 2.24) is 19.6 Å². The number of benzene rings is 1. The zero-order chi connectivity index (χ0) is 18.8. The Morgan fingerprint density at radius 2 is 1.85 bits per heavy atom. The van der Waals surface area contributed by atoms with Crippen LogP contribution in [-0.2, 0) is 6.54 Å². The first-order chi connectivity index (χ1) is 13.1. The summed E-state index contributed by atoms with van der Waals surface area (Å²) >= 11 is 6.63. The van der Waals surface area contributed by atoms with E-state index < -0.39 is 0 Å². The molecule has 2 aromatic heterocycles. The van der Waals surface area contributed by atoms with Crippen LogP contribution in [0.2, 0.25) is 5.15 Å². The maximum atomic E-state index is 12.4. The Morgan fingerprint density at radius 1 is 1.11 bits per heavy atom. The number of aromatic nitrogens is 2. The van der Waals surface area contributed by atoms with Gasteiger partial charge < -0.3 is 9.32 Å². The Bertz CT molecular complexity index is 913. The molecule has 7 heteroatoms. The molecule has 1 amide bonds. The summed E-state index contributed by atoms with van der Waals surface area (Å²) in [5, 5.41) is 5.25. The second kappa shape index (κ2) is 7.58. The van der Waals surface area contributed by atoms with E-state index in [1.54, 1.807) is 16.8 Å². The van der Waals surface area contributed by atoms with Crippen LogP contribution in [0.1, 0.15) is 21.8 Å². The number of amides is 1. The molecular formula is C20H21ClN4O2. The van der Waals surface area contributed by atoms with Crippen LogP contribution in [0, 0.1) is 6.92 Å². The van der Waals surface area contributed by atoms with Gasteiger partial charge in [0.1, 0.15) is 5.15 Å². The second-order valence-electron chi connectivity index (χ2n) is 6.65. The summed E-state index contributed by atoms with van der Waals surface area (Å²) < 4.78 is 6.99. The fourth-order valence-electron chi connectivity index (χ4n) is 3.34. The van der Waals surface area contributed by atoms with Crippen LogP contribution >= 0.6 is 11.6 Å². The molecule has 1 aliphatic heterocycles. The fraction of sp³-hybridized carbons (Fsp3) is 0.300. The molecule has 4 rings (SSSR count). The first kappa shape index (κ1) is 17.8. The topological polar surface area (TPSA) is 54.5 Å². The number of carbonyl (C=O) groups is 1. The van der Waals surface area contributed by atoms with Gasteiger partial charge in [0, 0.05) is 38.3 Å². The van der Waals surface area contributed by atoms with E-state index in [0.717, 1.165) is 36.6 Å². The molecule has 27 heavy (non-hydrogen) atoms. The van der Waals surface area contributed by atoms with Crippen molar-refractivity contribution in [2.24, 2.45) is 0 Å². The Kier molecular flexibility index (Phi) is 5.01. The first-order valence-electron chi connectivity index (χ1n) is 8.98. The first-order valence-corrected chi connectivity index (χ1v) is 9.36.